The van der Waals surface area contributed by atoms with Crippen molar-refractivity contribution in [2.24, 2.45) is 5.92 Å². The van der Waals surface area contributed by atoms with Crippen molar-refractivity contribution in [3.05, 3.63) is 59.5 Å². The largest absolute Gasteiger partial charge is 0.468 e. The quantitative estimate of drug-likeness (QED) is 0.766. The molecule has 0 saturated heterocycles. The summed E-state index contributed by atoms with van der Waals surface area (Å²) in [5.74, 6) is -0.112. The molecule has 2 heterocycles. The summed E-state index contributed by atoms with van der Waals surface area (Å²) in [6.07, 6.45) is 2.59. The average Bonchev–Trinajstić information content (AvgIpc) is 3.20. The van der Waals surface area contributed by atoms with E-state index in [0.717, 1.165) is 25.3 Å². The third kappa shape index (κ3) is 4.98. The number of rotatable bonds is 6. The van der Waals surface area contributed by atoms with Crippen LogP contribution in [-0.2, 0) is 22.6 Å². The fourth-order valence-corrected chi connectivity index (χ4v) is 3.32. The molecule has 1 aromatic heterocycles. The number of furan rings is 1. The number of hydrogen-bond acceptors (Lipinski definition) is 4. The highest BCUT2D eigenvalue weighted by Crippen LogP contribution is 2.27. The lowest BCUT2D eigenvalue weighted by Gasteiger charge is -2.34. The molecular formula is C21H27N3O3. The Morgan fingerprint density at radius 2 is 1.74 bits per heavy atom. The molecular weight excluding hydrogens is 342 g/mol. The van der Waals surface area contributed by atoms with E-state index in [9.17, 15) is 9.59 Å². The number of benzene rings is 1. The van der Waals surface area contributed by atoms with E-state index in [-0.39, 0.29) is 6.04 Å². The molecule has 6 heteroatoms. The van der Waals surface area contributed by atoms with Crippen molar-refractivity contribution < 1.29 is 14.0 Å². The number of amides is 2. The standard InChI is InChI=1S/C21H27N3O3/c1-15(2)12-22-20(25)21(26)23-13-18(19-8-5-11-27-19)24-10-9-16-6-3-4-7-17(16)14-24/h3-8,11,15,18H,9-10,12-14H2,1-2H3,(H,22,25)(H,23,26). The van der Waals surface area contributed by atoms with Crippen LogP contribution in [0.4, 0.5) is 0 Å². The van der Waals surface area contributed by atoms with Crippen LogP contribution in [0, 0.1) is 5.92 Å². The third-order valence-corrected chi connectivity index (χ3v) is 4.81. The van der Waals surface area contributed by atoms with E-state index in [1.807, 2.05) is 32.0 Å². The Morgan fingerprint density at radius 3 is 2.41 bits per heavy atom. The second kappa shape index (κ2) is 8.86. The zero-order valence-electron chi connectivity index (χ0n) is 15.9. The van der Waals surface area contributed by atoms with Gasteiger partial charge in [-0.2, -0.15) is 0 Å². The summed E-state index contributed by atoms with van der Waals surface area (Å²) in [7, 11) is 0. The van der Waals surface area contributed by atoms with E-state index in [0.29, 0.717) is 19.0 Å². The maximum atomic E-state index is 12.1. The van der Waals surface area contributed by atoms with Gasteiger partial charge in [0.05, 0.1) is 12.3 Å². The van der Waals surface area contributed by atoms with E-state index in [1.165, 1.54) is 11.1 Å². The summed E-state index contributed by atoms with van der Waals surface area (Å²) in [4.78, 5) is 26.3. The molecule has 0 bridgehead atoms. The van der Waals surface area contributed by atoms with Crippen LogP contribution in [0.15, 0.2) is 47.1 Å². The molecule has 1 aliphatic rings. The minimum atomic E-state index is -0.607. The first-order chi connectivity index (χ1) is 13.0. The van der Waals surface area contributed by atoms with E-state index in [4.69, 9.17) is 4.42 Å². The van der Waals surface area contributed by atoms with Crippen LogP contribution in [0.2, 0.25) is 0 Å². The predicted molar refractivity (Wildman–Crippen MR) is 103 cm³/mol. The summed E-state index contributed by atoms with van der Waals surface area (Å²) in [5, 5.41) is 5.41. The van der Waals surface area contributed by atoms with E-state index in [2.05, 4.69) is 33.7 Å². The van der Waals surface area contributed by atoms with Crippen LogP contribution < -0.4 is 10.6 Å². The fourth-order valence-electron chi connectivity index (χ4n) is 3.32. The zero-order chi connectivity index (χ0) is 19.2. The SMILES string of the molecule is CC(C)CNC(=O)C(=O)NCC(c1ccco1)N1CCc2ccccc2C1. The van der Waals surface area contributed by atoms with Crippen molar-refractivity contribution >= 4 is 11.8 Å². The molecule has 2 N–H and O–H groups in total. The molecule has 0 saturated carbocycles. The molecule has 1 aliphatic heterocycles. The van der Waals surface area contributed by atoms with Gasteiger partial charge in [0.1, 0.15) is 5.76 Å². The Kier molecular flexibility index (Phi) is 6.29. The number of hydrogen-bond donors (Lipinski definition) is 2. The van der Waals surface area contributed by atoms with Gasteiger partial charge < -0.3 is 15.1 Å². The Hall–Kier alpha value is -2.60. The average molecular weight is 369 g/mol. The van der Waals surface area contributed by atoms with E-state index < -0.39 is 11.8 Å². The molecule has 0 fully saturated rings. The lowest BCUT2D eigenvalue weighted by Crippen LogP contribution is -2.45. The van der Waals surface area contributed by atoms with Crippen molar-refractivity contribution in [3.63, 3.8) is 0 Å². The Bertz CT molecular complexity index is 771. The fraction of sp³-hybridized carbons (Fsp3) is 0.429. The van der Waals surface area contributed by atoms with Gasteiger partial charge >= 0.3 is 11.8 Å². The molecule has 3 rings (SSSR count). The molecule has 0 aliphatic carbocycles. The number of carbonyl (C=O) groups excluding carboxylic acids is 2. The molecule has 1 unspecified atom stereocenters. The first-order valence-electron chi connectivity index (χ1n) is 9.45. The maximum absolute atomic E-state index is 12.1. The van der Waals surface area contributed by atoms with Crippen LogP contribution in [0.3, 0.4) is 0 Å². The van der Waals surface area contributed by atoms with Crippen molar-refractivity contribution in [2.45, 2.75) is 32.9 Å². The Morgan fingerprint density at radius 1 is 1.04 bits per heavy atom. The molecule has 2 amide bonds. The van der Waals surface area contributed by atoms with Crippen LogP contribution in [0.1, 0.15) is 36.8 Å². The first-order valence-corrected chi connectivity index (χ1v) is 9.45. The van der Waals surface area contributed by atoms with Gasteiger partial charge in [0.15, 0.2) is 0 Å². The van der Waals surface area contributed by atoms with Gasteiger partial charge in [0.25, 0.3) is 0 Å². The predicted octanol–water partition coefficient (Wildman–Crippen LogP) is 2.27. The molecule has 144 valence electrons. The van der Waals surface area contributed by atoms with Crippen LogP contribution in [-0.4, -0.2) is 36.3 Å². The van der Waals surface area contributed by atoms with Crippen molar-refractivity contribution in [1.29, 1.82) is 0 Å². The highest BCUT2D eigenvalue weighted by Gasteiger charge is 2.27. The summed E-state index contributed by atoms with van der Waals surface area (Å²) < 4.78 is 5.62. The van der Waals surface area contributed by atoms with Crippen molar-refractivity contribution in [2.75, 3.05) is 19.6 Å². The summed E-state index contributed by atoms with van der Waals surface area (Å²) >= 11 is 0. The summed E-state index contributed by atoms with van der Waals surface area (Å²) in [5.41, 5.74) is 2.66. The van der Waals surface area contributed by atoms with Crippen LogP contribution in [0.25, 0.3) is 0 Å². The maximum Gasteiger partial charge on any atom is 0.309 e. The van der Waals surface area contributed by atoms with Gasteiger partial charge in [-0.3, -0.25) is 14.5 Å². The monoisotopic (exact) mass is 369 g/mol. The second-order valence-corrected chi connectivity index (χ2v) is 7.33. The van der Waals surface area contributed by atoms with E-state index >= 15 is 0 Å². The Labute approximate surface area is 159 Å². The molecule has 6 nitrogen and oxygen atoms in total. The smallest absolute Gasteiger partial charge is 0.309 e. The minimum Gasteiger partial charge on any atom is -0.468 e. The lowest BCUT2D eigenvalue weighted by molar-refractivity contribution is -0.139. The number of nitrogens with one attached hydrogen (secondary N) is 2. The van der Waals surface area contributed by atoms with Gasteiger partial charge in [-0.1, -0.05) is 38.1 Å². The van der Waals surface area contributed by atoms with Crippen LogP contribution >= 0.6 is 0 Å². The van der Waals surface area contributed by atoms with Gasteiger partial charge in [-0.15, -0.1) is 0 Å². The van der Waals surface area contributed by atoms with Gasteiger partial charge in [-0.05, 0) is 35.6 Å². The topological polar surface area (TPSA) is 74.6 Å². The van der Waals surface area contributed by atoms with Gasteiger partial charge in [0.2, 0.25) is 0 Å². The van der Waals surface area contributed by atoms with Crippen molar-refractivity contribution in [3.8, 4) is 0 Å². The summed E-state index contributed by atoms with van der Waals surface area (Å²) in [6, 6.07) is 12.1. The molecule has 1 atom stereocenters. The number of nitrogens with zero attached hydrogens (tertiary/aromatic N) is 1. The van der Waals surface area contributed by atoms with Crippen molar-refractivity contribution in [1.82, 2.24) is 15.5 Å². The molecule has 27 heavy (non-hydrogen) atoms. The highest BCUT2D eigenvalue weighted by molar-refractivity contribution is 6.35. The lowest BCUT2D eigenvalue weighted by atomic mass is 9.98. The Balaban J connectivity index is 1.65. The number of fused-ring (bicyclic) bond motifs is 1. The van der Waals surface area contributed by atoms with Crippen LogP contribution in [0.5, 0.6) is 0 Å². The van der Waals surface area contributed by atoms with Gasteiger partial charge in [0, 0.05) is 26.2 Å². The number of carbonyl (C=O) groups is 2. The minimum absolute atomic E-state index is 0.116. The molecule has 0 radical (unpaired) electrons. The summed E-state index contributed by atoms with van der Waals surface area (Å²) in [6.45, 7) is 6.44. The normalized spacial score (nSPS) is 15.2. The zero-order valence-corrected chi connectivity index (χ0v) is 15.9. The molecule has 2 aromatic rings. The third-order valence-electron chi connectivity index (χ3n) is 4.81. The van der Waals surface area contributed by atoms with E-state index in [1.54, 1.807) is 6.26 Å². The second-order valence-electron chi connectivity index (χ2n) is 7.33. The highest BCUT2D eigenvalue weighted by atomic mass is 16.3. The molecule has 1 aromatic carbocycles. The molecule has 0 spiro atoms. The van der Waals surface area contributed by atoms with Gasteiger partial charge in [-0.25, -0.2) is 0 Å². The first kappa shape index (κ1) is 19.2.